The van der Waals surface area contributed by atoms with Crippen molar-refractivity contribution in [3.05, 3.63) is 35.7 Å². The van der Waals surface area contributed by atoms with E-state index in [0.717, 1.165) is 69.5 Å². The van der Waals surface area contributed by atoms with Gasteiger partial charge in [-0.1, -0.05) is 0 Å². The molecule has 2 saturated heterocycles. The molecule has 3 fully saturated rings. The van der Waals surface area contributed by atoms with Crippen LogP contribution in [0.25, 0.3) is 5.82 Å². The number of aromatic nitrogens is 6. The number of tetrazole rings is 1. The van der Waals surface area contributed by atoms with Crippen molar-refractivity contribution in [2.45, 2.75) is 57.4 Å². The van der Waals surface area contributed by atoms with Crippen molar-refractivity contribution in [1.82, 2.24) is 40.0 Å². The van der Waals surface area contributed by atoms with Gasteiger partial charge in [-0.2, -0.15) is 4.68 Å². The normalized spacial score (nSPS) is 24.7. The lowest BCUT2D eigenvalue weighted by molar-refractivity contribution is -0.138. The average Bonchev–Trinajstić information content (AvgIpc) is 3.25. The van der Waals surface area contributed by atoms with Crippen LogP contribution in [-0.4, -0.2) is 84.1 Å². The van der Waals surface area contributed by atoms with E-state index in [1.54, 1.807) is 10.9 Å². The SMILES string of the molecule is CC1CC2(CCN(CCc3ncc(-n4cnnn4)nc3C3CC3)CC2)C(=O)N1C1=CC(=O)OC1. The quantitative estimate of drug-likeness (QED) is 0.577. The lowest BCUT2D eigenvalue weighted by atomic mass is 9.76. The Bertz CT molecular complexity index is 1140. The van der Waals surface area contributed by atoms with Gasteiger partial charge in [-0.15, -0.1) is 5.10 Å². The van der Waals surface area contributed by atoms with Crippen LogP contribution in [0.5, 0.6) is 0 Å². The van der Waals surface area contributed by atoms with Crippen LogP contribution in [-0.2, 0) is 20.7 Å². The fraction of sp³-hybridized carbons (Fsp3) is 0.609. The Balaban J connectivity index is 1.09. The summed E-state index contributed by atoms with van der Waals surface area (Å²) >= 11 is 0. The van der Waals surface area contributed by atoms with E-state index >= 15 is 0 Å². The van der Waals surface area contributed by atoms with Gasteiger partial charge in [-0.05, 0) is 62.5 Å². The second-order valence-electron chi connectivity index (χ2n) is 9.93. The van der Waals surface area contributed by atoms with E-state index in [1.165, 1.54) is 12.4 Å². The van der Waals surface area contributed by atoms with Gasteiger partial charge in [-0.25, -0.2) is 9.78 Å². The van der Waals surface area contributed by atoms with Gasteiger partial charge in [-0.3, -0.25) is 9.78 Å². The first-order valence-electron chi connectivity index (χ1n) is 12.0. The number of cyclic esters (lactones) is 1. The number of carbonyl (C=O) groups excluding carboxylic acids is 2. The lowest BCUT2D eigenvalue weighted by Gasteiger charge is -2.38. The highest BCUT2D eigenvalue weighted by atomic mass is 16.5. The molecule has 34 heavy (non-hydrogen) atoms. The van der Waals surface area contributed by atoms with Crippen molar-refractivity contribution in [3.8, 4) is 5.82 Å². The molecule has 1 spiro atoms. The molecule has 1 amide bonds. The Labute approximate surface area is 197 Å². The second-order valence-corrected chi connectivity index (χ2v) is 9.93. The van der Waals surface area contributed by atoms with E-state index in [1.807, 2.05) is 4.90 Å². The molecule has 1 saturated carbocycles. The molecule has 178 valence electrons. The Kier molecular flexibility index (Phi) is 5.16. The summed E-state index contributed by atoms with van der Waals surface area (Å²) in [7, 11) is 0. The van der Waals surface area contributed by atoms with E-state index in [4.69, 9.17) is 14.7 Å². The van der Waals surface area contributed by atoms with Crippen molar-refractivity contribution in [3.63, 3.8) is 0 Å². The van der Waals surface area contributed by atoms with Crippen molar-refractivity contribution in [2.75, 3.05) is 26.2 Å². The van der Waals surface area contributed by atoms with E-state index in [-0.39, 0.29) is 29.9 Å². The molecule has 0 N–H and O–H groups in total. The first-order chi connectivity index (χ1) is 16.5. The monoisotopic (exact) mass is 464 g/mol. The highest BCUT2D eigenvalue weighted by Crippen LogP contribution is 2.46. The van der Waals surface area contributed by atoms with Crippen LogP contribution < -0.4 is 0 Å². The van der Waals surface area contributed by atoms with Gasteiger partial charge in [0.1, 0.15) is 12.9 Å². The summed E-state index contributed by atoms with van der Waals surface area (Å²) in [6.45, 7) is 4.94. The maximum Gasteiger partial charge on any atom is 0.333 e. The van der Waals surface area contributed by atoms with Crippen LogP contribution in [0.1, 0.15) is 56.3 Å². The van der Waals surface area contributed by atoms with Gasteiger partial charge in [0.05, 0.1) is 28.7 Å². The Hall–Kier alpha value is -3.21. The third kappa shape index (κ3) is 3.77. The zero-order chi connectivity index (χ0) is 23.3. The molecule has 0 radical (unpaired) electrons. The number of likely N-dealkylation sites (tertiary alicyclic amines) is 2. The summed E-state index contributed by atoms with van der Waals surface area (Å²) in [5.74, 6) is 0.932. The minimum Gasteiger partial charge on any atom is -0.456 e. The highest BCUT2D eigenvalue weighted by Gasteiger charge is 2.52. The third-order valence-corrected chi connectivity index (χ3v) is 7.65. The molecule has 5 heterocycles. The van der Waals surface area contributed by atoms with Crippen LogP contribution in [0.3, 0.4) is 0 Å². The second kappa shape index (κ2) is 8.23. The summed E-state index contributed by atoms with van der Waals surface area (Å²) in [4.78, 5) is 38.7. The van der Waals surface area contributed by atoms with Gasteiger partial charge < -0.3 is 14.5 Å². The first-order valence-corrected chi connectivity index (χ1v) is 12.0. The molecule has 2 aromatic heterocycles. The fourth-order valence-electron chi connectivity index (χ4n) is 5.68. The van der Waals surface area contributed by atoms with Crippen molar-refractivity contribution >= 4 is 11.9 Å². The molecule has 1 atom stereocenters. The minimum atomic E-state index is -0.356. The lowest BCUT2D eigenvalue weighted by Crippen LogP contribution is -2.45. The molecular weight excluding hydrogens is 436 g/mol. The van der Waals surface area contributed by atoms with Crippen LogP contribution in [0, 0.1) is 5.41 Å². The zero-order valence-electron chi connectivity index (χ0n) is 19.3. The number of esters is 1. The van der Waals surface area contributed by atoms with Gasteiger partial charge in [0, 0.05) is 31.0 Å². The topological polar surface area (TPSA) is 119 Å². The Morgan fingerprint density at radius 1 is 1.21 bits per heavy atom. The smallest absolute Gasteiger partial charge is 0.333 e. The zero-order valence-corrected chi connectivity index (χ0v) is 19.3. The van der Waals surface area contributed by atoms with Crippen LogP contribution in [0.2, 0.25) is 0 Å². The van der Waals surface area contributed by atoms with E-state index < -0.39 is 0 Å². The number of hydrogen-bond acceptors (Lipinski definition) is 9. The number of ether oxygens (including phenoxy) is 1. The maximum atomic E-state index is 13.4. The van der Waals surface area contributed by atoms with Gasteiger partial charge in [0.25, 0.3) is 0 Å². The van der Waals surface area contributed by atoms with Crippen LogP contribution in [0.15, 0.2) is 24.3 Å². The van der Waals surface area contributed by atoms with Crippen molar-refractivity contribution < 1.29 is 14.3 Å². The molecule has 1 unspecified atom stereocenters. The molecule has 11 heteroatoms. The Morgan fingerprint density at radius 3 is 2.71 bits per heavy atom. The summed E-state index contributed by atoms with van der Waals surface area (Å²) in [6, 6.07) is 0.0925. The molecule has 0 aromatic carbocycles. The largest absolute Gasteiger partial charge is 0.456 e. The summed E-state index contributed by atoms with van der Waals surface area (Å²) in [5.41, 5.74) is 2.50. The third-order valence-electron chi connectivity index (χ3n) is 7.65. The number of nitrogens with zero attached hydrogens (tertiary/aromatic N) is 8. The van der Waals surface area contributed by atoms with Crippen molar-refractivity contribution in [2.24, 2.45) is 5.41 Å². The summed E-state index contributed by atoms with van der Waals surface area (Å²) < 4.78 is 6.59. The van der Waals surface area contributed by atoms with Crippen molar-refractivity contribution in [1.29, 1.82) is 0 Å². The standard InChI is InChI=1S/C23H28N8O3/c1-15-11-23(22(33)31(15)17-10-20(32)34-13-17)5-8-29(9-6-23)7-4-18-21(16-2-3-16)26-19(12-24-18)30-14-25-27-28-30/h10,12,14-16H,2-9,11,13H2,1H3. The molecule has 0 bridgehead atoms. The highest BCUT2D eigenvalue weighted by molar-refractivity contribution is 5.91. The summed E-state index contributed by atoms with van der Waals surface area (Å²) in [6.07, 6.45) is 10.4. The minimum absolute atomic E-state index is 0.0925. The van der Waals surface area contributed by atoms with Crippen LogP contribution in [0.4, 0.5) is 0 Å². The predicted molar refractivity (Wildman–Crippen MR) is 118 cm³/mol. The van der Waals surface area contributed by atoms with E-state index in [0.29, 0.717) is 17.4 Å². The van der Waals surface area contributed by atoms with Gasteiger partial charge in [0.15, 0.2) is 5.82 Å². The molecule has 4 aliphatic rings. The number of carbonyl (C=O) groups is 2. The van der Waals surface area contributed by atoms with Crippen LogP contribution >= 0.6 is 0 Å². The summed E-state index contributed by atoms with van der Waals surface area (Å²) in [5, 5.41) is 11.3. The predicted octanol–water partition coefficient (Wildman–Crippen LogP) is 1.02. The maximum absolute atomic E-state index is 13.4. The van der Waals surface area contributed by atoms with E-state index in [2.05, 4.69) is 27.3 Å². The molecule has 6 rings (SSSR count). The number of hydrogen-bond donors (Lipinski definition) is 0. The molecule has 11 nitrogen and oxygen atoms in total. The number of rotatable bonds is 6. The molecule has 2 aromatic rings. The molecule has 1 aliphatic carbocycles. The average molecular weight is 465 g/mol. The van der Waals surface area contributed by atoms with E-state index in [9.17, 15) is 9.59 Å². The van der Waals surface area contributed by atoms with Gasteiger partial charge >= 0.3 is 5.97 Å². The Morgan fingerprint density at radius 2 is 2.03 bits per heavy atom. The first kappa shape index (κ1) is 21.3. The van der Waals surface area contributed by atoms with Gasteiger partial charge in [0.2, 0.25) is 5.91 Å². The fourth-order valence-corrected chi connectivity index (χ4v) is 5.68. The molecular formula is C23H28N8O3. The number of amides is 1. The molecule has 3 aliphatic heterocycles. The number of piperidine rings is 1.